The van der Waals surface area contributed by atoms with Crippen LogP contribution < -0.4 is 5.32 Å². The summed E-state index contributed by atoms with van der Waals surface area (Å²) in [6.45, 7) is 6.26. The first-order valence-corrected chi connectivity index (χ1v) is 9.84. The molecule has 1 aliphatic rings. The Balaban J connectivity index is 1.47. The molecule has 1 atom stereocenters. The van der Waals surface area contributed by atoms with Gasteiger partial charge in [-0.2, -0.15) is 5.10 Å². The summed E-state index contributed by atoms with van der Waals surface area (Å²) in [5.74, 6) is 0.766. The SMILES string of the molecule is CCCn1ncnc1-c1ccc(C(=O)NCCCN2CCCC(O)C2)cc1. The van der Waals surface area contributed by atoms with Gasteiger partial charge >= 0.3 is 0 Å². The molecule has 1 unspecified atom stereocenters. The third-order valence-corrected chi connectivity index (χ3v) is 4.87. The maximum absolute atomic E-state index is 12.3. The summed E-state index contributed by atoms with van der Waals surface area (Å²) < 4.78 is 1.88. The molecule has 1 aliphatic heterocycles. The van der Waals surface area contributed by atoms with Crippen LogP contribution in [0.4, 0.5) is 0 Å². The van der Waals surface area contributed by atoms with Crippen molar-refractivity contribution < 1.29 is 9.90 Å². The number of nitrogens with one attached hydrogen (secondary N) is 1. The fraction of sp³-hybridized carbons (Fsp3) is 0.550. The highest BCUT2D eigenvalue weighted by molar-refractivity contribution is 5.94. The summed E-state index contributed by atoms with van der Waals surface area (Å²) in [4.78, 5) is 18.9. The van der Waals surface area contributed by atoms with Crippen molar-refractivity contribution in [1.29, 1.82) is 0 Å². The number of β-amino-alcohol motifs (C(OH)–C–C–N with tert-alkyl or cyclic N) is 1. The number of rotatable bonds is 8. The molecule has 0 bridgehead atoms. The third kappa shape index (κ3) is 5.37. The Morgan fingerprint density at radius 2 is 2.11 bits per heavy atom. The lowest BCUT2D eigenvalue weighted by molar-refractivity contribution is 0.0697. The van der Waals surface area contributed by atoms with E-state index < -0.39 is 0 Å². The minimum atomic E-state index is -0.199. The molecule has 1 amide bonds. The van der Waals surface area contributed by atoms with Gasteiger partial charge in [0.1, 0.15) is 6.33 Å². The lowest BCUT2D eigenvalue weighted by atomic mass is 10.1. The van der Waals surface area contributed by atoms with Crippen LogP contribution in [0, 0.1) is 0 Å². The van der Waals surface area contributed by atoms with Gasteiger partial charge in [-0.15, -0.1) is 0 Å². The summed E-state index contributed by atoms with van der Waals surface area (Å²) in [6, 6.07) is 7.49. The van der Waals surface area contributed by atoms with Gasteiger partial charge < -0.3 is 15.3 Å². The number of aliphatic hydroxyl groups is 1. The van der Waals surface area contributed by atoms with Gasteiger partial charge in [-0.1, -0.05) is 19.1 Å². The van der Waals surface area contributed by atoms with E-state index >= 15 is 0 Å². The van der Waals surface area contributed by atoms with Gasteiger partial charge in [-0.3, -0.25) is 4.79 Å². The monoisotopic (exact) mass is 371 g/mol. The predicted molar refractivity (Wildman–Crippen MR) is 104 cm³/mol. The number of nitrogens with zero attached hydrogens (tertiary/aromatic N) is 4. The molecule has 1 fully saturated rings. The van der Waals surface area contributed by atoms with Crippen LogP contribution in [0.1, 0.15) is 43.0 Å². The normalized spacial score (nSPS) is 17.8. The van der Waals surface area contributed by atoms with Gasteiger partial charge in [0, 0.05) is 30.8 Å². The molecule has 1 aromatic heterocycles. The van der Waals surface area contributed by atoms with Gasteiger partial charge in [0.15, 0.2) is 5.82 Å². The molecule has 0 radical (unpaired) electrons. The molecule has 0 saturated carbocycles. The van der Waals surface area contributed by atoms with Gasteiger partial charge in [0.25, 0.3) is 5.91 Å². The number of carbonyl (C=O) groups is 1. The minimum Gasteiger partial charge on any atom is -0.392 e. The zero-order valence-electron chi connectivity index (χ0n) is 16.0. The van der Waals surface area contributed by atoms with E-state index in [0.717, 1.165) is 63.3 Å². The Morgan fingerprint density at radius 1 is 1.30 bits per heavy atom. The van der Waals surface area contributed by atoms with E-state index in [9.17, 15) is 9.90 Å². The van der Waals surface area contributed by atoms with E-state index in [4.69, 9.17) is 0 Å². The first-order chi connectivity index (χ1) is 13.2. The molecule has 7 heteroatoms. The van der Waals surface area contributed by atoms with Crippen molar-refractivity contribution in [2.75, 3.05) is 26.2 Å². The van der Waals surface area contributed by atoms with Gasteiger partial charge in [0.2, 0.25) is 0 Å². The second kappa shape index (κ2) is 9.62. The molecule has 2 heterocycles. The molecule has 146 valence electrons. The van der Waals surface area contributed by atoms with Gasteiger partial charge in [-0.25, -0.2) is 9.67 Å². The van der Waals surface area contributed by atoms with Crippen LogP contribution in [0.15, 0.2) is 30.6 Å². The summed E-state index contributed by atoms with van der Waals surface area (Å²) in [5.41, 5.74) is 1.61. The predicted octanol–water partition coefficient (Wildman–Crippen LogP) is 1.93. The van der Waals surface area contributed by atoms with Crippen molar-refractivity contribution in [3.8, 4) is 11.4 Å². The maximum Gasteiger partial charge on any atom is 0.251 e. The van der Waals surface area contributed by atoms with Crippen LogP contribution in [-0.2, 0) is 6.54 Å². The summed E-state index contributed by atoms with van der Waals surface area (Å²) in [5, 5.41) is 16.9. The average molecular weight is 371 g/mol. The molecule has 1 saturated heterocycles. The second-order valence-corrected chi connectivity index (χ2v) is 7.09. The number of carbonyl (C=O) groups excluding carboxylic acids is 1. The number of amides is 1. The number of benzene rings is 1. The van der Waals surface area contributed by atoms with Gasteiger partial charge in [-0.05, 0) is 50.9 Å². The Morgan fingerprint density at radius 3 is 2.85 bits per heavy atom. The summed E-state index contributed by atoms with van der Waals surface area (Å²) in [6.07, 6.45) is 5.19. The Kier molecular flexibility index (Phi) is 6.95. The Bertz CT molecular complexity index is 728. The molecule has 2 aromatic rings. The molecular weight excluding hydrogens is 342 g/mol. The van der Waals surface area contributed by atoms with E-state index in [-0.39, 0.29) is 12.0 Å². The van der Waals surface area contributed by atoms with E-state index in [0.29, 0.717) is 12.1 Å². The lowest BCUT2D eigenvalue weighted by Crippen LogP contribution is -2.39. The minimum absolute atomic E-state index is 0.0600. The number of hydrogen-bond donors (Lipinski definition) is 2. The van der Waals surface area contributed by atoms with Crippen molar-refractivity contribution in [3.05, 3.63) is 36.2 Å². The van der Waals surface area contributed by atoms with Crippen molar-refractivity contribution in [2.24, 2.45) is 0 Å². The van der Waals surface area contributed by atoms with Crippen molar-refractivity contribution >= 4 is 5.91 Å². The standard InChI is InChI=1S/C20H29N5O2/c1-2-11-25-19(22-15-23-25)16-6-8-17(9-7-16)20(27)21-10-4-13-24-12-3-5-18(26)14-24/h6-9,15,18,26H,2-5,10-14H2,1H3,(H,21,27). The highest BCUT2D eigenvalue weighted by Gasteiger charge is 2.17. The number of aryl methyl sites for hydroxylation is 1. The van der Waals surface area contributed by atoms with Crippen LogP contribution in [0.2, 0.25) is 0 Å². The van der Waals surface area contributed by atoms with Gasteiger partial charge in [0.05, 0.1) is 6.10 Å². The molecule has 0 spiro atoms. The number of aromatic nitrogens is 3. The fourth-order valence-electron chi connectivity index (χ4n) is 3.47. The van der Waals surface area contributed by atoms with E-state index in [1.807, 2.05) is 28.9 Å². The fourth-order valence-corrected chi connectivity index (χ4v) is 3.47. The average Bonchev–Trinajstić information content (AvgIpc) is 3.14. The molecule has 0 aliphatic carbocycles. The molecular formula is C20H29N5O2. The number of aliphatic hydroxyl groups excluding tert-OH is 1. The molecule has 3 rings (SSSR count). The largest absolute Gasteiger partial charge is 0.392 e. The zero-order valence-corrected chi connectivity index (χ0v) is 16.0. The molecule has 1 aromatic carbocycles. The van der Waals surface area contributed by atoms with Crippen LogP contribution in [0.3, 0.4) is 0 Å². The van der Waals surface area contributed by atoms with Crippen LogP contribution in [0.25, 0.3) is 11.4 Å². The first kappa shape index (κ1) is 19.5. The smallest absolute Gasteiger partial charge is 0.251 e. The van der Waals surface area contributed by atoms with Crippen molar-refractivity contribution in [1.82, 2.24) is 25.0 Å². The molecule has 27 heavy (non-hydrogen) atoms. The number of hydrogen-bond acceptors (Lipinski definition) is 5. The van der Waals surface area contributed by atoms with Crippen LogP contribution >= 0.6 is 0 Å². The molecule has 7 nitrogen and oxygen atoms in total. The third-order valence-electron chi connectivity index (χ3n) is 4.87. The lowest BCUT2D eigenvalue weighted by Gasteiger charge is -2.29. The van der Waals surface area contributed by atoms with Crippen LogP contribution in [0.5, 0.6) is 0 Å². The summed E-state index contributed by atoms with van der Waals surface area (Å²) in [7, 11) is 0. The van der Waals surface area contributed by atoms with E-state index in [1.54, 1.807) is 6.33 Å². The second-order valence-electron chi connectivity index (χ2n) is 7.09. The molecule has 2 N–H and O–H groups in total. The highest BCUT2D eigenvalue weighted by Crippen LogP contribution is 2.17. The topological polar surface area (TPSA) is 83.3 Å². The first-order valence-electron chi connectivity index (χ1n) is 9.84. The quantitative estimate of drug-likeness (QED) is 0.693. The Hall–Kier alpha value is -2.25. The maximum atomic E-state index is 12.3. The van der Waals surface area contributed by atoms with Crippen molar-refractivity contribution in [2.45, 2.75) is 45.3 Å². The number of piperidine rings is 1. The zero-order chi connectivity index (χ0) is 19.1. The highest BCUT2D eigenvalue weighted by atomic mass is 16.3. The summed E-state index contributed by atoms with van der Waals surface area (Å²) >= 11 is 0. The van der Waals surface area contributed by atoms with E-state index in [1.165, 1.54) is 0 Å². The Labute approximate surface area is 160 Å². The van der Waals surface area contributed by atoms with E-state index in [2.05, 4.69) is 27.2 Å². The number of likely N-dealkylation sites (tertiary alicyclic amines) is 1. The van der Waals surface area contributed by atoms with Crippen LogP contribution in [-0.4, -0.2) is 63.0 Å². The van der Waals surface area contributed by atoms with Crippen molar-refractivity contribution in [3.63, 3.8) is 0 Å².